The average molecular weight is 403 g/mol. The SMILES string of the molecule is C/C(CC(=O)Nc1cccc(F)c1)=N\NC(=O)C(c1ccccc1)c1ccccc1. The fourth-order valence-corrected chi connectivity index (χ4v) is 3.04. The van der Waals surface area contributed by atoms with E-state index in [4.69, 9.17) is 0 Å². The topological polar surface area (TPSA) is 70.6 Å². The molecule has 0 bridgehead atoms. The third kappa shape index (κ3) is 5.85. The van der Waals surface area contributed by atoms with Gasteiger partial charge in [0.05, 0.1) is 12.3 Å². The Morgan fingerprint density at radius 3 is 2.07 bits per heavy atom. The molecule has 0 aliphatic heterocycles. The van der Waals surface area contributed by atoms with E-state index in [2.05, 4.69) is 15.8 Å². The van der Waals surface area contributed by atoms with Gasteiger partial charge in [-0.3, -0.25) is 9.59 Å². The molecule has 0 aliphatic rings. The van der Waals surface area contributed by atoms with Crippen molar-refractivity contribution < 1.29 is 14.0 Å². The first-order valence-electron chi connectivity index (χ1n) is 9.51. The Balaban J connectivity index is 1.66. The van der Waals surface area contributed by atoms with Crippen LogP contribution in [0.5, 0.6) is 0 Å². The predicted molar refractivity (Wildman–Crippen MR) is 116 cm³/mol. The van der Waals surface area contributed by atoms with Gasteiger partial charge < -0.3 is 5.32 Å². The first-order valence-corrected chi connectivity index (χ1v) is 9.51. The lowest BCUT2D eigenvalue weighted by atomic mass is 9.91. The van der Waals surface area contributed by atoms with Crippen LogP contribution in [-0.4, -0.2) is 17.5 Å². The number of rotatable bonds is 7. The van der Waals surface area contributed by atoms with Crippen LogP contribution >= 0.6 is 0 Å². The molecule has 6 heteroatoms. The monoisotopic (exact) mass is 403 g/mol. The summed E-state index contributed by atoms with van der Waals surface area (Å²) >= 11 is 0. The summed E-state index contributed by atoms with van der Waals surface area (Å²) in [6, 6.07) is 24.5. The standard InChI is InChI=1S/C24H22FN3O2/c1-17(15-22(29)26-21-14-8-13-20(25)16-21)27-28-24(30)23(18-9-4-2-5-10-18)19-11-6-3-7-12-19/h2-14,16,23H,15H2,1H3,(H,26,29)(H,28,30)/b27-17+. The van der Waals surface area contributed by atoms with Gasteiger partial charge in [0.25, 0.3) is 5.91 Å². The second-order valence-corrected chi connectivity index (χ2v) is 6.81. The van der Waals surface area contributed by atoms with E-state index in [1.165, 1.54) is 18.2 Å². The van der Waals surface area contributed by atoms with Gasteiger partial charge in [0.1, 0.15) is 5.82 Å². The van der Waals surface area contributed by atoms with Crippen LogP contribution in [0.3, 0.4) is 0 Å². The lowest BCUT2D eigenvalue weighted by Crippen LogP contribution is -2.27. The van der Waals surface area contributed by atoms with Gasteiger partial charge in [0.2, 0.25) is 5.91 Å². The molecule has 0 atom stereocenters. The van der Waals surface area contributed by atoms with Crippen molar-refractivity contribution in [2.45, 2.75) is 19.3 Å². The van der Waals surface area contributed by atoms with Crippen LogP contribution in [0.1, 0.15) is 30.4 Å². The number of anilines is 1. The Morgan fingerprint density at radius 1 is 0.900 bits per heavy atom. The molecule has 2 amide bonds. The molecular formula is C24H22FN3O2. The molecule has 0 radical (unpaired) electrons. The smallest absolute Gasteiger partial charge is 0.252 e. The van der Waals surface area contributed by atoms with Crippen LogP contribution in [0.15, 0.2) is 90.0 Å². The molecule has 2 N–H and O–H groups in total. The highest BCUT2D eigenvalue weighted by atomic mass is 19.1. The van der Waals surface area contributed by atoms with Gasteiger partial charge in [-0.1, -0.05) is 66.7 Å². The minimum atomic E-state index is -0.523. The molecule has 0 spiro atoms. The average Bonchev–Trinajstić information content (AvgIpc) is 2.74. The van der Waals surface area contributed by atoms with Crippen molar-refractivity contribution in [3.05, 3.63) is 102 Å². The van der Waals surface area contributed by atoms with E-state index in [-0.39, 0.29) is 18.2 Å². The van der Waals surface area contributed by atoms with Crippen molar-refractivity contribution in [3.8, 4) is 0 Å². The van der Waals surface area contributed by atoms with Crippen molar-refractivity contribution in [2.75, 3.05) is 5.32 Å². The maximum absolute atomic E-state index is 13.2. The van der Waals surface area contributed by atoms with Gasteiger partial charge >= 0.3 is 0 Å². The minimum absolute atomic E-state index is 0.0296. The predicted octanol–water partition coefficient (Wildman–Crippen LogP) is 4.48. The van der Waals surface area contributed by atoms with E-state index in [0.29, 0.717) is 11.4 Å². The first kappa shape index (κ1) is 20.9. The Bertz CT molecular complexity index is 997. The van der Waals surface area contributed by atoms with Crippen LogP contribution in [-0.2, 0) is 9.59 Å². The molecule has 3 rings (SSSR count). The van der Waals surface area contributed by atoms with E-state index < -0.39 is 11.7 Å². The van der Waals surface area contributed by atoms with Gasteiger partial charge in [0.15, 0.2) is 0 Å². The third-order valence-corrected chi connectivity index (χ3v) is 4.41. The van der Waals surface area contributed by atoms with Crippen LogP contribution in [0.4, 0.5) is 10.1 Å². The molecule has 0 saturated carbocycles. The second kappa shape index (κ2) is 10.1. The molecular weight excluding hydrogens is 381 g/mol. The number of hydrogen-bond donors (Lipinski definition) is 2. The van der Waals surface area contributed by atoms with Crippen molar-refractivity contribution in [2.24, 2.45) is 5.10 Å². The lowest BCUT2D eigenvalue weighted by Gasteiger charge is -2.16. The van der Waals surface area contributed by atoms with Crippen LogP contribution in [0.2, 0.25) is 0 Å². The summed E-state index contributed by atoms with van der Waals surface area (Å²) in [5, 5.41) is 6.68. The number of amides is 2. The number of hydrazone groups is 1. The summed E-state index contributed by atoms with van der Waals surface area (Å²) in [6.07, 6.45) is -0.0296. The van der Waals surface area contributed by atoms with Gasteiger partial charge in [-0.2, -0.15) is 5.10 Å². The number of carbonyl (C=O) groups is 2. The normalized spacial score (nSPS) is 11.2. The highest BCUT2D eigenvalue weighted by Gasteiger charge is 2.22. The molecule has 3 aromatic rings. The number of hydrogen-bond acceptors (Lipinski definition) is 3. The highest BCUT2D eigenvalue weighted by Crippen LogP contribution is 2.24. The van der Waals surface area contributed by atoms with E-state index in [9.17, 15) is 14.0 Å². The number of nitrogens with zero attached hydrogens (tertiary/aromatic N) is 1. The molecule has 0 heterocycles. The maximum atomic E-state index is 13.2. The molecule has 0 aromatic heterocycles. The molecule has 3 aromatic carbocycles. The summed E-state index contributed by atoms with van der Waals surface area (Å²) in [4.78, 5) is 25.0. The van der Waals surface area contributed by atoms with E-state index in [1.807, 2.05) is 60.7 Å². The number of carbonyl (C=O) groups excluding carboxylic acids is 2. The largest absolute Gasteiger partial charge is 0.326 e. The van der Waals surface area contributed by atoms with Crippen LogP contribution in [0, 0.1) is 5.82 Å². The Hall–Kier alpha value is -3.80. The van der Waals surface area contributed by atoms with E-state index in [1.54, 1.807) is 13.0 Å². The summed E-state index contributed by atoms with van der Waals surface area (Å²) in [7, 11) is 0. The molecule has 152 valence electrons. The van der Waals surface area contributed by atoms with E-state index in [0.717, 1.165) is 11.1 Å². The molecule has 0 fully saturated rings. The summed E-state index contributed by atoms with van der Waals surface area (Å²) in [5.41, 5.74) is 5.05. The second-order valence-electron chi connectivity index (χ2n) is 6.81. The Kier molecular flexibility index (Phi) is 7.05. The van der Waals surface area contributed by atoms with Crippen LogP contribution < -0.4 is 10.7 Å². The molecule has 30 heavy (non-hydrogen) atoms. The number of nitrogens with one attached hydrogen (secondary N) is 2. The van der Waals surface area contributed by atoms with Crippen molar-refractivity contribution in [1.29, 1.82) is 0 Å². The fraction of sp³-hybridized carbons (Fsp3) is 0.125. The zero-order valence-corrected chi connectivity index (χ0v) is 16.5. The zero-order valence-electron chi connectivity index (χ0n) is 16.5. The zero-order chi connectivity index (χ0) is 21.3. The number of halogens is 1. The summed E-state index contributed by atoms with van der Waals surface area (Å²) in [6.45, 7) is 1.64. The Morgan fingerprint density at radius 2 is 1.50 bits per heavy atom. The molecule has 0 aliphatic carbocycles. The summed E-state index contributed by atoms with van der Waals surface area (Å²) in [5.74, 6) is -1.60. The fourth-order valence-electron chi connectivity index (χ4n) is 3.04. The van der Waals surface area contributed by atoms with Crippen LogP contribution in [0.25, 0.3) is 0 Å². The lowest BCUT2D eigenvalue weighted by molar-refractivity contribution is -0.121. The van der Waals surface area contributed by atoms with Crippen molar-refractivity contribution >= 4 is 23.2 Å². The maximum Gasteiger partial charge on any atom is 0.252 e. The molecule has 0 saturated heterocycles. The third-order valence-electron chi connectivity index (χ3n) is 4.41. The van der Waals surface area contributed by atoms with Gasteiger partial charge in [-0.15, -0.1) is 0 Å². The van der Waals surface area contributed by atoms with Gasteiger partial charge in [0, 0.05) is 11.4 Å². The first-order chi connectivity index (χ1) is 14.5. The molecule has 0 unspecified atom stereocenters. The highest BCUT2D eigenvalue weighted by molar-refractivity contribution is 6.05. The van der Waals surface area contributed by atoms with Crippen molar-refractivity contribution in [3.63, 3.8) is 0 Å². The minimum Gasteiger partial charge on any atom is -0.326 e. The van der Waals surface area contributed by atoms with E-state index >= 15 is 0 Å². The van der Waals surface area contributed by atoms with Gasteiger partial charge in [-0.05, 0) is 36.2 Å². The van der Waals surface area contributed by atoms with Crippen molar-refractivity contribution in [1.82, 2.24) is 5.43 Å². The quantitative estimate of drug-likeness (QED) is 0.451. The Labute approximate surface area is 174 Å². The molecule has 5 nitrogen and oxygen atoms in total. The number of benzene rings is 3. The summed E-state index contributed by atoms with van der Waals surface area (Å²) < 4.78 is 13.2. The van der Waals surface area contributed by atoms with Gasteiger partial charge in [-0.25, -0.2) is 9.82 Å².